The minimum atomic E-state index is -0.545. The summed E-state index contributed by atoms with van der Waals surface area (Å²) >= 11 is 0. The molecule has 0 saturated carbocycles. The van der Waals surface area contributed by atoms with E-state index in [-0.39, 0.29) is 24.5 Å². The summed E-state index contributed by atoms with van der Waals surface area (Å²) in [6, 6.07) is 16.9. The molecule has 0 aliphatic rings. The molecule has 5 nitrogen and oxygen atoms in total. The van der Waals surface area contributed by atoms with Gasteiger partial charge in [-0.1, -0.05) is 56.3 Å². The molecule has 2 rings (SSSR count). The van der Waals surface area contributed by atoms with E-state index < -0.39 is 6.04 Å². The number of hydrogen-bond donors (Lipinski definition) is 1. The number of ether oxygens (including phenoxy) is 1. The quantitative estimate of drug-likeness (QED) is 0.661. The number of carbonyl (C=O) groups excluding carboxylic acids is 2. The largest absolute Gasteiger partial charge is 0.484 e. The Balaban J connectivity index is 2.15. The number of nitrogens with one attached hydrogen (secondary N) is 1. The van der Waals surface area contributed by atoms with Crippen molar-refractivity contribution in [3.63, 3.8) is 0 Å². The maximum absolute atomic E-state index is 13.1. The lowest BCUT2D eigenvalue weighted by atomic mass is 10.1. The molecule has 1 unspecified atom stereocenters. The highest BCUT2D eigenvalue weighted by molar-refractivity contribution is 5.88. The first-order valence-corrected chi connectivity index (χ1v) is 10.3. The van der Waals surface area contributed by atoms with Gasteiger partial charge in [0, 0.05) is 12.6 Å². The molecule has 5 heteroatoms. The summed E-state index contributed by atoms with van der Waals surface area (Å²) in [5.74, 6) is 0.299. The van der Waals surface area contributed by atoms with Crippen LogP contribution in [-0.2, 0) is 22.6 Å². The lowest BCUT2D eigenvalue weighted by Gasteiger charge is -2.31. The van der Waals surface area contributed by atoms with Crippen LogP contribution < -0.4 is 10.1 Å². The molecule has 0 fully saturated rings. The minimum absolute atomic E-state index is 0.0126. The summed E-state index contributed by atoms with van der Waals surface area (Å²) in [5, 5.41) is 2.93. The molecule has 0 aliphatic heterocycles. The molecular formula is C24H32N2O3. The molecule has 0 radical (unpaired) electrons. The van der Waals surface area contributed by atoms with Crippen LogP contribution in [0.15, 0.2) is 54.6 Å². The van der Waals surface area contributed by atoms with Gasteiger partial charge in [-0.25, -0.2) is 0 Å². The Morgan fingerprint density at radius 2 is 1.62 bits per heavy atom. The second-order valence-corrected chi connectivity index (χ2v) is 7.38. The number of hydrogen-bond acceptors (Lipinski definition) is 3. The standard InChI is InChI=1S/C24H32N2O3/c1-5-19-12-14-21(15-13-19)29-17-23(27)26(16-20-10-8-7-9-11-20)22(6-2)24(28)25-18(3)4/h7-15,18,22H,5-6,16-17H2,1-4H3,(H,25,28). The van der Waals surface area contributed by atoms with E-state index in [1.165, 1.54) is 5.56 Å². The number of benzene rings is 2. The molecule has 0 aromatic heterocycles. The van der Waals surface area contributed by atoms with Gasteiger partial charge in [0.2, 0.25) is 5.91 Å². The Kier molecular flexibility index (Phi) is 8.71. The van der Waals surface area contributed by atoms with E-state index in [0.29, 0.717) is 18.7 Å². The Labute approximate surface area is 174 Å². The van der Waals surface area contributed by atoms with Crippen LogP contribution in [0.4, 0.5) is 0 Å². The molecular weight excluding hydrogens is 364 g/mol. The van der Waals surface area contributed by atoms with Crippen LogP contribution in [-0.4, -0.2) is 35.4 Å². The normalized spacial score (nSPS) is 11.8. The fourth-order valence-corrected chi connectivity index (χ4v) is 3.13. The summed E-state index contributed by atoms with van der Waals surface area (Å²) < 4.78 is 5.72. The molecule has 1 atom stereocenters. The molecule has 2 aromatic rings. The van der Waals surface area contributed by atoms with Crippen molar-refractivity contribution in [2.45, 2.75) is 59.2 Å². The maximum atomic E-state index is 13.1. The highest BCUT2D eigenvalue weighted by atomic mass is 16.5. The van der Waals surface area contributed by atoms with Crippen molar-refractivity contribution in [2.24, 2.45) is 0 Å². The second kappa shape index (κ2) is 11.2. The molecule has 0 aliphatic carbocycles. The van der Waals surface area contributed by atoms with Crippen molar-refractivity contribution < 1.29 is 14.3 Å². The monoisotopic (exact) mass is 396 g/mol. The van der Waals surface area contributed by atoms with Gasteiger partial charge in [-0.3, -0.25) is 9.59 Å². The average Bonchev–Trinajstić information content (AvgIpc) is 2.72. The number of rotatable bonds is 10. The van der Waals surface area contributed by atoms with E-state index in [4.69, 9.17) is 4.74 Å². The smallest absolute Gasteiger partial charge is 0.261 e. The molecule has 0 spiro atoms. The van der Waals surface area contributed by atoms with Crippen LogP contribution in [0.2, 0.25) is 0 Å². The van der Waals surface area contributed by atoms with Gasteiger partial charge in [0.05, 0.1) is 0 Å². The first kappa shape index (κ1) is 22.5. The Hall–Kier alpha value is -2.82. The summed E-state index contributed by atoms with van der Waals surface area (Å²) in [7, 11) is 0. The van der Waals surface area contributed by atoms with E-state index in [0.717, 1.165) is 12.0 Å². The van der Waals surface area contributed by atoms with Crippen LogP contribution in [0.1, 0.15) is 45.2 Å². The first-order valence-electron chi connectivity index (χ1n) is 10.3. The van der Waals surface area contributed by atoms with E-state index in [9.17, 15) is 9.59 Å². The van der Waals surface area contributed by atoms with E-state index >= 15 is 0 Å². The molecule has 156 valence electrons. The van der Waals surface area contributed by atoms with Gasteiger partial charge in [-0.15, -0.1) is 0 Å². The number of carbonyl (C=O) groups is 2. The van der Waals surface area contributed by atoms with Gasteiger partial charge in [0.1, 0.15) is 11.8 Å². The zero-order valence-electron chi connectivity index (χ0n) is 17.9. The third kappa shape index (κ3) is 6.93. The highest BCUT2D eigenvalue weighted by Gasteiger charge is 2.29. The zero-order valence-corrected chi connectivity index (χ0v) is 17.9. The van der Waals surface area contributed by atoms with E-state index in [2.05, 4.69) is 12.2 Å². The molecule has 0 heterocycles. The van der Waals surface area contributed by atoms with Crippen LogP contribution in [0.5, 0.6) is 5.75 Å². The second-order valence-electron chi connectivity index (χ2n) is 7.38. The van der Waals surface area contributed by atoms with Gasteiger partial charge < -0.3 is 15.0 Å². The van der Waals surface area contributed by atoms with Crippen LogP contribution in [0, 0.1) is 0 Å². The van der Waals surface area contributed by atoms with Crippen molar-refractivity contribution in [3.8, 4) is 5.75 Å². The molecule has 29 heavy (non-hydrogen) atoms. The Bertz CT molecular complexity index is 772. The van der Waals surface area contributed by atoms with Crippen LogP contribution in [0.3, 0.4) is 0 Å². The van der Waals surface area contributed by atoms with E-state index in [1.807, 2.05) is 75.4 Å². The van der Waals surface area contributed by atoms with Crippen molar-refractivity contribution in [3.05, 3.63) is 65.7 Å². The lowest BCUT2D eigenvalue weighted by molar-refractivity contribution is -0.143. The van der Waals surface area contributed by atoms with Crippen LogP contribution >= 0.6 is 0 Å². The van der Waals surface area contributed by atoms with Gasteiger partial charge in [-0.2, -0.15) is 0 Å². The lowest BCUT2D eigenvalue weighted by Crippen LogP contribution is -2.51. The predicted molar refractivity (Wildman–Crippen MR) is 116 cm³/mol. The van der Waals surface area contributed by atoms with Crippen molar-refractivity contribution in [2.75, 3.05) is 6.61 Å². The molecule has 0 bridgehead atoms. The summed E-state index contributed by atoms with van der Waals surface area (Å²) in [5.41, 5.74) is 2.19. The topological polar surface area (TPSA) is 58.6 Å². The zero-order chi connectivity index (χ0) is 21.2. The third-order valence-corrected chi connectivity index (χ3v) is 4.71. The predicted octanol–water partition coefficient (Wildman–Crippen LogP) is 3.96. The highest BCUT2D eigenvalue weighted by Crippen LogP contribution is 2.15. The van der Waals surface area contributed by atoms with Gasteiger partial charge >= 0.3 is 0 Å². The van der Waals surface area contributed by atoms with Crippen LogP contribution in [0.25, 0.3) is 0 Å². The molecule has 1 N–H and O–H groups in total. The van der Waals surface area contributed by atoms with Crippen molar-refractivity contribution in [1.29, 1.82) is 0 Å². The molecule has 0 saturated heterocycles. The SMILES string of the molecule is CCc1ccc(OCC(=O)N(Cc2ccccc2)C(CC)C(=O)NC(C)C)cc1. The summed E-state index contributed by atoms with van der Waals surface area (Å²) in [6.45, 7) is 8.09. The summed E-state index contributed by atoms with van der Waals surface area (Å²) in [6.07, 6.45) is 1.48. The minimum Gasteiger partial charge on any atom is -0.484 e. The van der Waals surface area contributed by atoms with Crippen molar-refractivity contribution in [1.82, 2.24) is 10.2 Å². The van der Waals surface area contributed by atoms with Crippen molar-refractivity contribution >= 4 is 11.8 Å². The first-order chi connectivity index (χ1) is 13.9. The van der Waals surface area contributed by atoms with Gasteiger partial charge in [0.25, 0.3) is 5.91 Å². The van der Waals surface area contributed by atoms with Gasteiger partial charge in [-0.05, 0) is 49.9 Å². The average molecular weight is 397 g/mol. The Morgan fingerprint density at radius 1 is 0.966 bits per heavy atom. The fourth-order valence-electron chi connectivity index (χ4n) is 3.13. The van der Waals surface area contributed by atoms with Gasteiger partial charge in [0.15, 0.2) is 6.61 Å². The Morgan fingerprint density at radius 3 is 2.17 bits per heavy atom. The number of amides is 2. The summed E-state index contributed by atoms with van der Waals surface area (Å²) in [4.78, 5) is 27.4. The maximum Gasteiger partial charge on any atom is 0.261 e. The fraction of sp³-hybridized carbons (Fsp3) is 0.417. The third-order valence-electron chi connectivity index (χ3n) is 4.71. The molecule has 2 amide bonds. The molecule has 2 aromatic carbocycles. The number of aryl methyl sites for hydroxylation is 1. The van der Waals surface area contributed by atoms with E-state index in [1.54, 1.807) is 4.90 Å². The number of nitrogens with zero attached hydrogens (tertiary/aromatic N) is 1.